The van der Waals surface area contributed by atoms with Crippen LogP contribution in [0.25, 0.3) is 0 Å². The quantitative estimate of drug-likeness (QED) is 0.787. The smallest absolute Gasteiger partial charge is 0.248 e. The van der Waals surface area contributed by atoms with Crippen molar-refractivity contribution in [3.05, 3.63) is 0 Å². The zero-order chi connectivity index (χ0) is 13.8. The number of nitrogens with zero attached hydrogens (tertiary/aromatic N) is 2. The van der Waals surface area contributed by atoms with Crippen LogP contribution in [0.1, 0.15) is 19.3 Å². The van der Waals surface area contributed by atoms with Gasteiger partial charge in [0.15, 0.2) is 0 Å². The normalized spacial score (nSPS) is 26.3. The van der Waals surface area contributed by atoms with Crippen molar-refractivity contribution in [1.29, 1.82) is 0 Å². The van der Waals surface area contributed by atoms with Crippen molar-refractivity contribution < 1.29 is 14.3 Å². The zero-order valence-corrected chi connectivity index (χ0v) is 12.7. The van der Waals surface area contributed by atoms with Crippen LogP contribution in [0.3, 0.4) is 0 Å². The summed E-state index contributed by atoms with van der Waals surface area (Å²) in [5.41, 5.74) is 5.85. The Balaban J connectivity index is 0.00000200. The molecule has 1 aliphatic heterocycles. The van der Waals surface area contributed by atoms with E-state index >= 15 is 0 Å². The SMILES string of the molecule is COCC(=O)N1CCN(C(=O)C2CCC(N)C2)CC1.Cl. The number of ether oxygens (including phenoxy) is 1. The van der Waals surface area contributed by atoms with Crippen LogP contribution in [0.15, 0.2) is 0 Å². The molecule has 1 saturated carbocycles. The summed E-state index contributed by atoms with van der Waals surface area (Å²) in [6.07, 6.45) is 2.66. The molecule has 0 bridgehead atoms. The van der Waals surface area contributed by atoms with E-state index < -0.39 is 0 Å². The Morgan fingerprint density at radius 3 is 2.25 bits per heavy atom. The number of halogens is 1. The maximum atomic E-state index is 12.3. The lowest BCUT2D eigenvalue weighted by Crippen LogP contribution is -2.52. The van der Waals surface area contributed by atoms with Gasteiger partial charge in [0, 0.05) is 45.2 Å². The molecule has 1 heterocycles. The molecule has 2 rings (SSSR count). The number of carbonyl (C=O) groups is 2. The fourth-order valence-corrected chi connectivity index (χ4v) is 2.89. The van der Waals surface area contributed by atoms with Gasteiger partial charge < -0.3 is 20.3 Å². The Labute approximate surface area is 126 Å². The van der Waals surface area contributed by atoms with Gasteiger partial charge in [-0.3, -0.25) is 9.59 Å². The summed E-state index contributed by atoms with van der Waals surface area (Å²) in [5, 5.41) is 0. The highest BCUT2D eigenvalue weighted by molar-refractivity contribution is 5.85. The molecule has 2 atom stereocenters. The van der Waals surface area contributed by atoms with Gasteiger partial charge in [-0.2, -0.15) is 0 Å². The molecule has 116 valence electrons. The maximum Gasteiger partial charge on any atom is 0.248 e. The highest BCUT2D eigenvalue weighted by Gasteiger charge is 2.32. The average molecular weight is 306 g/mol. The Bertz CT molecular complexity index is 346. The van der Waals surface area contributed by atoms with Crippen molar-refractivity contribution in [2.75, 3.05) is 39.9 Å². The third-order valence-corrected chi connectivity index (χ3v) is 4.03. The number of rotatable bonds is 3. The van der Waals surface area contributed by atoms with Crippen molar-refractivity contribution in [1.82, 2.24) is 9.80 Å². The monoisotopic (exact) mass is 305 g/mol. The second-order valence-corrected chi connectivity index (χ2v) is 5.41. The van der Waals surface area contributed by atoms with Crippen LogP contribution in [-0.4, -0.2) is 67.6 Å². The van der Waals surface area contributed by atoms with Gasteiger partial charge in [0.2, 0.25) is 11.8 Å². The summed E-state index contributed by atoms with van der Waals surface area (Å²) < 4.78 is 4.84. The predicted molar refractivity (Wildman–Crippen MR) is 77.6 cm³/mol. The third-order valence-electron chi connectivity index (χ3n) is 4.03. The molecule has 2 aliphatic rings. The number of methoxy groups -OCH3 is 1. The lowest BCUT2D eigenvalue weighted by atomic mass is 10.1. The molecule has 2 N–H and O–H groups in total. The molecule has 20 heavy (non-hydrogen) atoms. The van der Waals surface area contributed by atoms with Crippen molar-refractivity contribution >= 4 is 24.2 Å². The number of carbonyl (C=O) groups excluding carboxylic acids is 2. The van der Waals surface area contributed by atoms with E-state index in [2.05, 4.69) is 0 Å². The summed E-state index contributed by atoms with van der Waals surface area (Å²) in [6, 6.07) is 0.179. The molecule has 0 radical (unpaired) electrons. The van der Waals surface area contributed by atoms with E-state index in [9.17, 15) is 9.59 Å². The molecule has 0 aromatic heterocycles. The van der Waals surface area contributed by atoms with E-state index in [1.807, 2.05) is 4.90 Å². The van der Waals surface area contributed by atoms with Crippen molar-refractivity contribution in [2.45, 2.75) is 25.3 Å². The highest BCUT2D eigenvalue weighted by Crippen LogP contribution is 2.26. The fourth-order valence-electron chi connectivity index (χ4n) is 2.89. The molecule has 1 saturated heterocycles. The lowest BCUT2D eigenvalue weighted by Gasteiger charge is -2.35. The van der Waals surface area contributed by atoms with Gasteiger partial charge in [-0.25, -0.2) is 0 Å². The average Bonchev–Trinajstić information content (AvgIpc) is 2.85. The molecule has 0 aromatic carbocycles. The minimum absolute atomic E-state index is 0. The molecule has 6 nitrogen and oxygen atoms in total. The summed E-state index contributed by atoms with van der Waals surface area (Å²) in [4.78, 5) is 27.6. The maximum absolute atomic E-state index is 12.3. The Kier molecular flexibility index (Phi) is 6.71. The summed E-state index contributed by atoms with van der Waals surface area (Å²) in [6.45, 7) is 2.57. The van der Waals surface area contributed by atoms with Crippen molar-refractivity contribution in [3.63, 3.8) is 0 Å². The minimum Gasteiger partial charge on any atom is -0.375 e. The van der Waals surface area contributed by atoms with E-state index in [1.165, 1.54) is 7.11 Å². The van der Waals surface area contributed by atoms with Gasteiger partial charge in [0.25, 0.3) is 0 Å². The molecular weight excluding hydrogens is 282 g/mol. The van der Waals surface area contributed by atoms with Crippen molar-refractivity contribution in [2.24, 2.45) is 11.7 Å². The molecular formula is C13H24ClN3O3. The van der Waals surface area contributed by atoms with Crippen LogP contribution in [0.4, 0.5) is 0 Å². The zero-order valence-electron chi connectivity index (χ0n) is 11.9. The highest BCUT2D eigenvalue weighted by atomic mass is 35.5. The topological polar surface area (TPSA) is 75.9 Å². The standard InChI is InChI=1S/C13H23N3O3.ClH/c1-19-9-12(17)15-4-6-16(7-5-15)13(18)10-2-3-11(14)8-10;/h10-11H,2-9,14H2,1H3;1H. The Morgan fingerprint density at radius 1 is 1.15 bits per heavy atom. The summed E-state index contributed by atoms with van der Waals surface area (Å²) in [7, 11) is 1.51. The van der Waals surface area contributed by atoms with Gasteiger partial charge in [0.05, 0.1) is 0 Å². The molecule has 2 amide bonds. The van der Waals surface area contributed by atoms with Gasteiger partial charge >= 0.3 is 0 Å². The molecule has 2 fully saturated rings. The van der Waals surface area contributed by atoms with Gasteiger partial charge in [0.1, 0.15) is 6.61 Å². The molecule has 1 aliphatic carbocycles. The number of nitrogens with two attached hydrogens (primary N) is 1. The van der Waals surface area contributed by atoms with Crippen LogP contribution >= 0.6 is 12.4 Å². The predicted octanol–water partition coefficient (Wildman–Crippen LogP) is -0.147. The first-order chi connectivity index (χ1) is 9.11. The summed E-state index contributed by atoms with van der Waals surface area (Å²) >= 11 is 0. The van der Waals surface area contributed by atoms with Gasteiger partial charge in [-0.15, -0.1) is 12.4 Å². The number of amides is 2. The summed E-state index contributed by atoms with van der Waals surface area (Å²) in [5.74, 6) is 0.306. The third kappa shape index (κ3) is 4.07. The van der Waals surface area contributed by atoms with Gasteiger partial charge in [-0.05, 0) is 19.3 Å². The fraction of sp³-hybridized carbons (Fsp3) is 0.846. The first-order valence-corrected chi connectivity index (χ1v) is 6.93. The first-order valence-electron chi connectivity index (χ1n) is 6.93. The molecule has 0 spiro atoms. The number of piperazine rings is 1. The first kappa shape index (κ1) is 17.2. The van der Waals surface area contributed by atoms with Crippen LogP contribution in [0.5, 0.6) is 0 Å². The van der Waals surface area contributed by atoms with E-state index in [0.29, 0.717) is 26.2 Å². The molecule has 7 heteroatoms. The van der Waals surface area contributed by atoms with Gasteiger partial charge in [-0.1, -0.05) is 0 Å². The molecule has 2 unspecified atom stereocenters. The van der Waals surface area contributed by atoms with Crippen LogP contribution in [0, 0.1) is 5.92 Å². The Morgan fingerprint density at radius 2 is 1.75 bits per heavy atom. The molecule has 0 aromatic rings. The number of hydrogen-bond acceptors (Lipinski definition) is 4. The minimum atomic E-state index is -0.00233. The van der Waals surface area contributed by atoms with Crippen LogP contribution in [-0.2, 0) is 14.3 Å². The second-order valence-electron chi connectivity index (χ2n) is 5.41. The lowest BCUT2D eigenvalue weighted by molar-refractivity contribution is -0.143. The van der Waals surface area contributed by atoms with Crippen LogP contribution < -0.4 is 5.73 Å². The van der Waals surface area contributed by atoms with E-state index in [-0.39, 0.29) is 42.8 Å². The number of hydrogen-bond donors (Lipinski definition) is 1. The van der Waals surface area contributed by atoms with Crippen LogP contribution in [0.2, 0.25) is 0 Å². The largest absolute Gasteiger partial charge is 0.375 e. The van der Waals surface area contributed by atoms with E-state index in [4.69, 9.17) is 10.5 Å². The van der Waals surface area contributed by atoms with E-state index in [1.54, 1.807) is 4.90 Å². The Hall–Kier alpha value is -0.850. The second kappa shape index (κ2) is 7.81. The van der Waals surface area contributed by atoms with E-state index in [0.717, 1.165) is 19.3 Å². The van der Waals surface area contributed by atoms with Crippen molar-refractivity contribution in [3.8, 4) is 0 Å².